The van der Waals surface area contributed by atoms with Crippen molar-refractivity contribution in [3.63, 3.8) is 0 Å². The number of sulfonamides is 1. The molecule has 2 aromatic heterocycles. The monoisotopic (exact) mass is 832 g/mol. The molecular formula is C40H52N10O8S. The van der Waals surface area contributed by atoms with Crippen LogP contribution in [0, 0.1) is 11.8 Å². The highest BCUT2D eigenvalue weighted by molar-refractivity contribution is 7.89. The first kappa shape index (κ1) is 44.5. The standard InChI is InChI=1S/C39H50N10O6S.CH2O2/c1-39(2,3)55-38(52)42-23-27-7-11-30(12-8-27)36(50)49(32-15-13-29(14-16-32)35-43-45-46-44-35)37(51)34(40)21-26-5-9-28(10-6-26)31-22-33(25-41-24-31)56(53,54)48-19-17-47(4)18-20-48;2-1-3/h5-6,9-10,13-16,22,24-25,27,30,34H,7-8,11-12,17-21,23,40H2,1-4H3,(H,42,52)(H,43,44,45,46);1H,(H,2,3)/t27-,30-,34-;/m0./s1. The Balaban J connectivity index is 0.00000214. The van der Waals surface area contributed by atoms with Crippen LogP contribution in [0.2, 0.25) is 0 Å². The molecule has 2 aliphatic rings. The minimum Gasteiger partial charge on any atom is -0.483 e. The van der Waals surface area contributed by atoms with Gasteiger partial charge in [0.1, 0.15) is 10.5 Å². The number of aromatic amines is 1. The number of carbonyl (C=O) groups excluding carboxylic acids is 3. The fraction of sp³-hybridized carbons (Fsp3) is 0.450. The molecule has 18 nitrogen and oxygen atoms in total. The number of hydrogen-bond acceptors (Lipinski definition) is 13. The second-order valence-electron chi connectivity index (χ2n) is 15.6. The molecule has 19 heteroatoms. The minimum atomic E-state index is -3.70. The number of anilines is 1. The largest absolute Gasteiger partial charge is 0.483 e. The van der Waals surface area contributed by atoms with Crippen LogP contribution in [0.25, 0.3) is 22.5 Å². The van der Waals surface area contributed by atoms with Crippen molar-refractivity contribution in [2.45, 2.75) is 69.4 Å². The Labute approximate surface area is 343 Å². The van der Waals surface area contributed by atoms with Gasteiger partial charge in [-0.25, -0.2) is 23.2 Å². The van der Waals surface area contributed by atoms with Crippen molar-refractivity contribution in [2.75, 3.05) is 44.7 Å². The molecule has 5 N–H and O–H groups in total. The summed E-state index contributed by atoms with van der Waals surface area (Å²) in [5.41, 5.74) is 9.21. The summed E-state index contributed by atoms with van der Waals surface area (Å²) in [5.74, 6) is -0.653. The molecule has 3 heterocycles. The number of piperazine rings is 1. The van der Waals surface area contributed by atoms with Crippen molar-refractivity contribution in [1.29, 1.82) is 0 Å². The van der Waals surface area contributed by atoms with Gasteiger partial charge in [-0.2, -0.15) is 4.31 Å². The fourth-order valence-corrected chi connectivity index (χ4v) is 8.40. The van der Waals surface area contributed by atoms with Crippen LogP contribution < -0.4 is 16.0 Å². The molecule has 2 aromatic carbocycles. The Hall–Kier alpha value is -5.63. The Morgan fingerprint density at radius 2 is 1.61 bits per heavy atom. The normalized spacial score (nSPS) is 18.1. The van der Waals surface area contributed by atoms with Crippen LogP contribution in [0.1, 0.15) is 52.0 Å². The molecule has 1 atom stereocenters. The second-order valence-corrected chi connectivity index (χ2v) is 17.6. The van der Waals surface area contributed by atoms with Crippen molar-refractivity contribution in [3.05, 3.63) is 72.6 Å². The molecule has 4 aromatic rings. The summed E-state index contributed by atoms with van der Waals surface area (Å²) in [4.78, 5) is 56.6. The third-order valence-corrected chi connectivity index (χ3v) is 12.1. The number of carboxylic acid groups (broad SMARTS) is 1. The Kier molecular flexibility index (Phi) is 15.0. The van der Waals surface area contributed by atoms with Gasteiger partial charge >= 0.3 is 6.09 Å². The predicted octanol–water partition coefficient (Wildman–Crippen LogP) is 3.33. The van der Waals surface area contributed by atoms with Gasteiger partial charge < -0.3 is 25.8 Å². The van der Waals surface area contributed by atoms with Gasteiger partial charge in [0, 0.05) is 62.2 Å². The summed E-state index contributed by atoms with van der Waals surface area (Å²) in [6, 6.07) is 14.8. The quantitative estimate of drug-likeness (QED) is 0.159. The number of rotatable bonds is 11. The third-order valence-electron chi connectivity index (χ3n) is 10.2. The fourth-order valence-electron chi connectivity index (χ4n) is 6.99. The molecule has 2 fully saturated rings. The van der Waals surface area contributed by atoms with E-state index >= 15 is 0 Å². The zero-order chi connectivity index (χ0) is 42.7. The Morgan fingerprint density at radius 3 is 2.20 bits per heavy atom. The molecule has 0 unspecified atom stereocenters. The first-order valence-electron chi connectivity index (χ1n) is 19.3. The number of nitrogens with zero attached hydrogens (tertiary/aromatic N) is 7. The molecule has 3 amide bonds. The number of carbonyl (C=O) groups is 4. The van der Waals surface area contributed by atoms with E-state index < -0.39 is 39.6 Å². The van der Waals surface area contributed by atoms with E-state index in [4.69, 9.17) is 20.4 Å². The van der Waals surface area contributed by atoms with Crippen LogP contribution in [0.15, 0.2) is 71.9 Å². The molecule has 59 heavy (non-hydrogen) atoms. The van der Waals surface area contributed by atoms with Crippen molar-refractivity contribution in [2.24, 2.45) is 17.6 Å². The van der Waals surface area contributed by atoms with Crippen LogP contribution in [0.4, 0.5) is 10.5 Å². The van der Waals surface area contributed by atoms with Gasteiger partial charge in [0.15, 0.2) is 5.82 Å². The van der Waals surface area contributed by atoms with Crippen molar-refractivity contribution < 1.29 is 37.4 Å². The average molecular weight is 833 g/mol. The number of amides is 3. The number of ether oxygens (including phenoxy) is 1. The molecule has 6 rings (SSSR count). The number of aromatic nitrogens is 5. The van der Waals surface area contributed by atoms with Gasteiger partial charge in [0.2, 0.25) is 15.9 Å². The van der Waals surface area contributed by atoms with Crippen LogP contribution >= 0.6 is 0 Å². The first-order chi connectivity index (χ1) is 28.1. The van der Waals surface area contributed by atoms with E-state index in [-0.39, 0.29) is 29.6 Å². The summed E-state index contributed by atoms with van der Waals surface area (Å²) >= 11 is 0. The Bertz CT molecular complexity index is 2130. The third kappa shape index (κ3) is 12.0. The van der Waals surface area contributed by atoms with Gasteiger partial charge in [0.25, 0.3) is 12.4 Å². The molecule has 1 aliphatic heterocycles. The number of alkyl carbamates (subject to hydrolysis) is 1. The van der Waals surface area contributed by atoms with Crippen LogP contribution in [-0.4, -0.2) is 124 Å². The van der Waals surface area contributed by atoms with E-state index in [1.54, 1.807) is 36.5 Å². The lowest BCUT2D eigenvalue weighted by Gasteiger charge is -2.32. The van der Waals surface area contributed by atoms with E-state index in [1.807, 2.05) is 52.1 Å². The number of H-pyrrole nitrogens is 1. The lowest BCUT2D eigenvalue weighted by Crippen LogP contribution is -2.50. The van der Waals surface area contributed by atoms with Gasteiger partial charge in [-0.3, -0.25) is 19.4 Å². The summed E-state index contributed by atoms with van der Waals surface area (Å²) in [6.45, 7) is 7.78. The number of tetrazole rings is 1. The summed E-state index contributed by atoms with van der Waals surface area (Å²) < 4.78 is 33.6. The number of benzene rings is 2. The maximum Gasteiger partial charge on any atom is 0.407 e. The van der Waals surface area contributed by atoms with Crippen molar-refractivity contribution in [1.82, 2.24) is 40.1 Å². The topological polar surface area (TPSA) is 247 Å². The predicted molar refractivity (Wildman–Crippen MR) is 218 cm³/mol. The zero-order valence-electron chi connectivity index (χ0n) is 33.7. The molecule has 0 bridgehead atoms. The smallest absolute Gasteiger partial charge is 0.407 e. The van der Waals surface area contributed by atoms with E-state index in [1.165, 1.54) is 15.4 Å². The maximum atomic E-state index is 14.2. The van der Waals surface area contributed by atoms with Gasteiger partial charge in [0.05, 0.1) is 11.7 Å². The van der Waals surface area contributed by atoms with Crippen molar-refractivity contribution >= 4 is 40.1 Å². The molecule has 0 radical (unpaired) electrons. The number of imide groups is 1. The number of nitrogens with two attached hydrogens (primary N) is 1. The molecule has 0 spiro atoms. The lowest BCUT2D eigenvalue weighted by molar-refractivity contribution is -0.130. The highest BCUT2D eigenvalue weighted by Gasteiger charge is 2.36. The first-order valence-corrected chi connectivity index (χ1v) is 20.8. The van der Waals surface area contributed by atoms with Crippen LogP contribution in [0.5, 0.6) is 0 Å². The number of pyridine rings is 1. The highest BCUT2D eigenvalue weighted by atomic mass is 32.2. The molecule has 316 valence electrons. The Morgan fingerprint density at radius 1 is 0.983 bits per heavy atom. The summed E-state index contributed by atoms with van der Waals surface area (Å²) in [5, 5.41) is 23.6. The lowest BCUT2D eigenvalue weighted by atomic mass is 9.81. The minimum absolute atomic E-state index is 0.137. The van der Waals surface area contributed by atoms with Gasteiger partial charge in [-0.15, -0.1) is 5.10 Å². The SMILES string of the molecule is CN1CCN(S(=O)(=O)c2cncc(-c3ccc(C[C@H](N)C(=O)N(c4ccc(-c5nnn[nH]5)cc4)C(=O)[C@H]4CC[C@H](CNC(=O)OC(C)(C)C)CC4)cc3)c2)CC1.O=CO. The van der Waals surface area contributed by atoms with E-state index in [0.29, 0.717) is 81.0 Å². The number of likely N-dealkylation sites (N-methyl/N-ethyl adjacent to an activating group) is 1. The highest BCUT2D eigenvalue weighted by Crippen LogP contribution is 2.32. The molecule has 1 saturated heterocycles. The van der Waals surface area contributed by atoms with Gasteiger partial charge in [-0.1, -0.05) is 24.3 Å². The maximum absolute atomic E-state index is 14.2. The van der Waals surface area contributed by atoms with E-state index in [2.05, 4.69) is 35.8 Å². The summed E-state index contributed by atoms with van der Waals surface area (Å²) in [7, 11) is -1.73. The van der Waals surface area contributed by atoms with Gasteiger partial charge in [-0.05, 0) is 118 Å². The zero-order valence-corrected chi connectivity index (χ0v) is 34.5. The summed E-state index contributed by atoms with van der Waals surface area (Å²) in [6.07, 6.45) is 5.17. The van der Waals surface area contributed by atoms with E-state index in [0.717, 1.165) is 11.1 Å². The van der Waals surface area contributed by atoms with Crippen LogP contribution in [-0.2, 0) is 35.6 Å². The van der Waals surface area contributed by atoms with E-state index in [9.17, 15) is 22.8 Å². The molecular weight excluding hydrogens is 781 g/mol. The second kappa shape index (κ2) is 19.9. The number of hydrogen-bond donors (Lipinski definition) is 4. The van der Waals surface area contributed by atoms with Crippen molar-refractivity contribution in [3.8, 4) is 22.5 Å². The van der Waals surface area contributed by atoms with Crippen LogP contribution in [0.3, 0.4) is 0 Å². The number of nitrogens with one attached hydrogen (secondary N) is 2. The average Bonchev–Trinajstić information content (AvgIpc) is 3.76. The molecule has 1 saturated carbocycles. The molecule has 1 aliphatic carbocycles.